The summed E-state index contributed by atoms with van der Waals surface area (Å²) in [5.74, 6) is 0. The first-order chi connectivity index (χ1) is 11.8. The largest absolute Gasteiger partial charge is 0.224 e. The van der Waals surface area contributed by atoms with Crippen LogP contribution in [0.2, 0.25) is 5.02 Å². The molecule has 0 N–H and O–H groups in total. The summed E-state index contributed by atoms with van der Waals surface area (Å²) in [6.45, 7) is 1.96. The highest BCUT2D eigenvalue weighted by atomic mass is 35.5. The molecule has 2 heteroatoms. The molecule has 0 spiro atoms. The average Bonchev–Trinajstić information content (AvgIpc) is 2.63. The van der Waals surface area contributed by atoms with E-state index in [1.54, 1.807) is 0 Å². The lowest BCUT2D eigenvalue weighted by molar-refractivity contribution is -0.544. The summed E-state index contributed by atoms with van der Waals surface area (Å²) in [6, 6.07) is 27.6. The number of nitrogens with zero attached hydrogens (tertiary/aromatic N) is 1. The topological polar surface area (TPSA) is 3.01 Å². The number of benzene rings is 3. The standard InChI is InChI=1S/C22H19ClN/c23-20-12-10-19(11-13-20)22-21-9-5-4-8-18(21)14-15-24(22)16-17-6-2-1-3-7-17/h1-13H,14-16H2/q+1. The minimum Gasteiger partial charge on any atom is -0.224 e. The summed E-state index contributed by atoms with van der Waals surface area (Å²) in [5.41, 5.74) is 6.62. The zero-order chi connectivity index (χ0) is 16.4. The van der Waals surface area contributed by atoms with Crippen LogP contribution in [0.3, 0.4) is 0 Å². The Morgan fingerprint density at radius 1 is 0.792 bits per heavy atom. The van der Waals surface area contributed by atoms with Gasteiger partial charge in [-0.3, -0.25) is 0 Å². The molecule has 118 valence electrons. The SMILES string of the molecule is Clc1ccc(C2=[N+](Cc3ccccc3)CCc3ccccc32)cc1. The van der Waals surface area contributed by atoms with Gasteiger partial charge in [0.25, 0.3) is 0 Å². The fraction of sp³-hybridized carbons (Fsp3) is 0.136. The highest BCUT2D eigenvalue weighted by Gasteiger charge is 2.26. The molecule has 0 unspecified atom stereocenters. The molecule has 0 saturated carbocycles. The molecule has 3 aromatic carbocycles. The second-order valence-corrected chi connectivity index (χ2v) is 6.61. The summed E-state index contributed by atoms with van der Waals surface area (Å²) in [5, 5.41) is 0.776. The van der Waals surface area contributed by atoms with Crippen molar-refractivity contribution in [3.05, 3.63) is 106 Å². The van der Waals surface area contributed by atoms with Crippen LogP contribution >= 0.6 is 11.6 Å². The quantitative estimate of drug-likeness (QED) is 0.597. The van der Waals surface area contributed by atoms with Gasteiger partial charge in [-0.1, -0.05) is 60.1 Å². The van der Waals surface area contributed by atoms with Crippen LogP contribution in [-0.2, 0) is 13.0 Å². The fourth-order valence-electron chi connectivity index (χ4n) is 3.41. The third kappa shape index (κ3) is 3.00. The summed E-state index contributed by atoms with van der Waals surface area (Å²) in [6.07, 6.45) is 1.08. The van der Waals surface area contributed by atoms with Crippen molar-refractivity contribution in [2.45, 2.75) is 13.0 Å². The van der Waals surface area contributed by atoms with Gasteiger partial charge in [-0.15, -0.1) is 0 Å². The Kier molecular flexibility index (Phi) is 4.18. The van der Waals surface area contributed by atoms with Gasteiger partial charge in [-0.2, -0.15) is 0 Å². The zero-order valence-corrected chi connectivity index (χ0v) is 14.2. The number of hydrogen-bond donors (Lipinski definition) is 0. The molecule has 4 rings (SSSR count). The van der Waals surface area contributed by atoms with Gasteiger partial charge in [0.2, 0.25) is 5.71 Å². The van der Waals surface area contributed by atoms with Crippen LogP contribution in [0.25, 0.3) is 0 Å². The van der Waals surface area contributed by atoms with E-state index in [2.05, 4.69) is 71.3 Å². The molecule has 0 bridgehead atoms. The van der Waals surface area contributed by atoms with Crippen LogP contribution < -0.4 is 0 Å². The minimum atomic E-state index is 0.776. The van der Waals surface area contributed by atoms with E-state index in [-0.39, 0.29) is 0 Å². The Morgan fingerprint density at radius 3 is 2.29 bits per heavy atom. The van der Waals surface area contributed by atoms with Crippen LogP contribution in [0.5, 0.6) is 0 Å². The number of fused-ring (bicyclic) bond motifs is 1. The Hall–Kier alpha value is -2.38. The molecule has 0 aromatic heterocycles. The van der Waals surface area contributed by atoms with Crippen molar-refractivity contribution >= 4 is 17.3 Å². The van der Waals surface area contributed by atoms with Crippen molar-refractivity contribution in [3.8, 4) is 0 Å². The zero-order valence-electron chi connectivity index (χ0n) is 13.5. The normalized spacial score (nSPS) is 13.7. The number of halogens is 1. The highest BCUT2D eigenvalue weighted by molar-refractivity contribution is 6.30. The molecule has 0 amide bonds. The number of hydrogen-bond acceptors (Lipinski definition) is 0. The van der Waals surface area contributed by atoms with Gasteiger partial charge in [-0.05, 0) is 35.9 Å². The van der Waals surface area contributed by atoms with E-state index < -0.39 is 0 Å². The van der Waals surface area contributed by atoms with Crippen molar-refractivity contribution in [1.29, 1.82) is 0 Å². The molecule has 0 saturated heterocycles. The maximum Gasteiger partial charge on any atom is 0.215 e. The first kappa shape index (κ1) is 15.2. The molecule has 0 aliphatic carbocycles. The van der Waals surface area contributed by atoms with Crippen molar-refractivity contribution in [2.75, 3.05) is 6.54 Å². The Balaban J connectivity index is 1.85. The van der Waals surface area contributed by atoms with E-state index in [1.165, 1.54) is 28.0 Å². The lowest BCUT2D eigenvalue weighted by Crippen LogP contribution is -2.30. The molecule has 1 aliphatic heterocycles. The van der Waals surface area contributed by atoms with Crippen LogP contribution in [0.1, 0.15) is 22.3 Å². The van der Waals surface area contributed by atoms with E-state index in [4.69, 9.17) is 11.6 Å². The Labute approximate surface area is 147 Å². The van der Waals surface area contributed by atoms with E-state index in [1.807, 2.05) is 12.1 Å². The van der Waals surface area contributed by atoms with Gasteiger partial charge >= 0.3 is 0 Å². The third-order valence-corrected chi connectivity index (χ3v) is 4.83. The monoisotopic (exact) mass is 332 g/mol. The van der Waals surface area contributed by atoms with Crippen molar-refractivity contribution < 1.29 is 4.58 Å². The summed E-state index contributed by atoms with van der Waals surface area (Å²) in [4.78, 5) is 0. The Bertz CT molecular complexity index is 879. The summed E-state index contributed by atoms with van der Waals surface area (Å²) < 4.78 is 2.49. The average molecular weight is 333 g/mol. The van der Waals surface area contributed by atoms with E-state index in [9.17, 15) is 0 Å². The summed E-state index contributed by atoms with van der Waals surface area (Å²) >= 11 is 6.09. The van der Waals surface area contributed by atoms with Crippen molar-refractivity contribution in [3.63, 3.8) is 0 Å². The van der Waals surface area contributed by atoms with Crippen LogP contribution in [0.4, 0.5) is 0 Å². The van der Waals surface area contributed by atoms with Gasteiger partial charge in [0, 0.05) is 28.1 Å². The van der Waals surface area contributed by atoms with Gasteiger partial charge in [0.15, 0.2) is 6.54 Å². The van der Waals surface area contributed by atoms with Crippen LogP contribution in [0.15, 0.2) is 78.9 Å². The number of rotatable bonds is 3. The molecule has 1 aliphatic rings. The minimum absolute atomic E-state index is 0.776. The van der Waals surface area contributed by atoms with Crippen LogP contribution in [0, 0.1) is 0 Å². The molecule has 1 nitrogen and oxygen atoms in total. The second kappa shape index (κ2) is 6.62. The molecular weight excluding hydrogens is 314 g/mol. The molecule has 0 atom stereocenters. The first-order valence-electron chi connectivity index (χ1n) is 8.31. The molecule has 3 aromatic rings. The van der Waals surface area contributed by atoms with E-state index >= 15 is 0 Å². The third-order valence-electron chi connectivity index (χ3n) is 4.57. The summed E-state index contributed by atoms with van der Waals surface area (Å²) in [7, 11) is 0. The van der Waals surface area contributed by atoms with Gasteiger partial charge in [0.1, 0.15) is 6.54 Å². The highest BCUT2D eigenvalue weighted by Crippen LogP contribution is 2.22. The lowest BCUT2D eigenvalue weighted by atomic mass is 9.92. The molecular formula is C22H19ClN+. The van der Waals surface area contributed by atoms with Gasteiger partial charge < -0.3 is 0 Å². The predicted octanol–water partition coefficient (Wildman–Crippen LogP) is 4.95. The van der Waals surface area contributed by atoms with Gasteiger partial charge in [0.05, 0.1) is 0 Å². The molecule has 0 fully saturated rings. The van der Waals surface area contributed by atoms with Crippen molar-refractivity contribution in [2.24, 2.45) is 0 Å². The van der Waals surface area contributed by atoms with Gasteiger partial charge in [-0.25, -0.2) is 4.58 Å². The Morgan fingerprint density at radius 2 is 1.50 bits per heavy atom. The first-order valence-corrected chi connectivity index (χ1v) is 8.69. The second-order valence-electron chi connectivity index (χ2n) is 6.17. The maximum absolute atomic E-state index is 6.09. The molecule has 0 radical (unpaired) electrons. The van der Waals surface area contributed by atoms with E-state index in [0.717, 1.165) is 24.5 Å². The molecule has 24 heavy (non-hydrogen) atoms. The lowest BCUT2D eigenvalue weighted by Gasteiger charge is -2.19. The molecule has 1 heterocycles. The maximum atomic E-state index is 6.09. The van der Waals surface area contributed by atoms with E-state index in [0.29, 0.717) is 0 Å². The van der Waals surface area contributed by atoms with Crippen molar-refractivity contribution in [1.82, 2.24) is 0 Å². The van der Waals surface area contributed by atoms with Crippen LogP contribution in [-0.4, -0.2) is 16.8 Å². The smallest absolute Gasteiger partial charge is 0.215 e. The fourth-order valence-corrected chi connectivity index (χ4v) is 3.54. The predicted molar refractivity (Wildman–Crippen MR) is 100 cm³/mol.